The van der Waals surface area contributed by atoms with Crippen molar-refractivity contribution >= 4 is 12.0 Å². The van der Waals surface area contributed by atoms with Crippen LogP contribution in [0.3, 0.4) is 0 Å². The predicted octanol–water partition coefficient (Wildman–Crippen LogP) is 2.23. The molecule has 2 aromatic rings. The summed E-state index contributed by atoms with van der Waals surface area (Å²) in [5.74, 6) is 0.341. The number of aromatic nitrogens is 5. The van der Waals surface area contributed by atoms with Gasteiger partial charge < -0.3 is 4.74 Å². The second kappa shape index (κ2) is 6.74. The number of aryl methyl sites for hydroxylation is 2. The fourth-order valence-electron chi connectivity index (χ4n) is 3.20. The van der Waals surface area contributed by atoms with Crippen molar-refractivity contribution in [2.45, 2.75) is 45.1 Å². The summed E-state index contributed by atoms with van der Waals surface area (Å²) in [6.45, 7) is 0.716. The monoisotopic (exact) mass is 339 g/mol. The molecule has 0 aromatic carbocycles. The van der Waals surface area contributed by atoms with E-state index in [1.165, 1.54) is 31.1 Å². The topological polar surface area (TPSA) is 82.8 Å². The number of hydrogen-bond donors (Lipinski definition) is 0. The van der Waals surface area contributed by atoms with E-state index in [2.05, 4.69) is 37.4 Å². The van der Waals surface area contributed by atoms with E-state index in [1.54, 1.807) is 10.9 Å². The summed E-state index contributed by atoms with van der Waals surface area (Å²) in [7, 11) is 1.34. The van der Waals surface area contributed by atoms with Gasteiger partial charge >= 0.3 is 5.97 Å². The number of allylic oxidation sites excluding steroid dienone is 1. The molecule has 2 heterocycles. The van der Waals surface area contributed by atoms with Crippen LogP contribution in [0.4, 0.5) is 0 Å². The van der Waals surface area contributed by atoms with Crippen LogP contribution in [-0.2, 0) is 24.1 Å². The van der Waals surface area contributed by atoms with Crippen LogP contribution in [0.5, 0.6) is 0 Å². The Balaban J connectivity index is 1.27. The van der Waals surface area contributed by atoms with Crippen molar-refractivity contribution < 1.29 is 9.53 Å². The zero-order chi connectivity index (χ0) is 17.2. The average Bonchev–Trinajstić information content (AvgIpc) is 3.22. The third-order valence-electron chi connectivity index (χ3n) is 4.77. The number of carbonyl (C=O) groups excluding carboxylic acids is 1. The van der Waals surface area contributed by atoms with Crippen LogP contribution in [0.1, 0.15) is 53.1 Å². The number of fused-ring (bicyclic) bond motifs is 1. The van der Waals surface area contributed by atoms with Crippen LogP contribution in [0.2, 0.25) is 0 Å². The van der Waals surface area contributed by atoms with E-state index in [4.69, 9.17) is 0 Å². The number of nitrogens with zero attached hydrogens (tertiary/aromatic N) is 5. The molecule has 0 aliphatic heterocycles. The van der Waals surface area contributed by atoms with Crippen LogP contribution in [0, 0.1) is 5.92 Å². The zero-order valence-corrected chi connectivity index (χ0v) is 14.3. The first-order chi connectivity index (χ1) is 12.2. The molecule has 0 spiro atoms. The summed E-state index contributed by atoms with van der Waals surface area (Å²) in [6.07, 6.45) is 10.4. The first-order valence-electron chi connectivity index (χ1n) is 8.77. The Kier molecular flexibility index (Phi) is 4.29. The minimum Gasteiger partial charge on any atom is -0.464 e. The lowest BCUT2D eigenvalue weighted by atomic mass is 10.1. The molecule has 0 amide bonds. The van der Waals surface area contributed by atoms with Crippen LogP contribution in [0.15, 0.2) is 17.8 Å². The van der Waals surface area contributed by atoms with Gasteiger partial charge in [0.1, 0.15) is 0 Å². The lowest BCUT2D eigenvalue weighted by Crippen LogP contribution is -2.02. The van der Waals surface area contributed by atoms with E-state index in [9.17, 15) is 4.79 Å². The highest BCUT2D eigenvalue weighted by atomic mass is 16.5. The summed E-state index contributed by atoms with van der Waals surface area (Å²) in [5.41, 5.74) is 5.20. The molecule has 2 aliphatic carbocycles. The second-order valence-electron chi connectivity index (χ2n) is 6.72. The van der Waals surface area contributed by atoms with Gasteiger partial charge in [-0.25, -0.2) is 4.79 Å². The predicted molar refractivity (Wildman–Crippen MR) is 90.7 cm³/mol. The van der Waals surface area contributed by atoms with Crippen LogP contribution >= 0.6 is 0 Å². The fourth-order valence-corrected chi connectivity index (χ4v) is 3.20. The summed E-state index contributed by atoms with van der Waals surface area (Å²) in [6, 6.07) is 2.18. The Morgan fingerprint density at radius 2 is 2.16 bits per heavy atom. The fraction of sp³-hybridized carbons (Fsp3) is 0.500. The van der Waals surface area contributed by atoms with Crippen molar-refractivity contribution in [3.63, 3.8) is 0 Å². The van der Waals surface area contributed by atoms with Crippen LogP contribution < -0.4 is 0 Å². The molecule has 0 radical (unpaired) electrons. The second-order valence-corrected chi connectivity index (χ2v) is 6.72. The molecule has 130 valence electrons. The van der Waals surface area contributed by atoms with Gasteiger partial charge in [0.15, 0.2) is 5.69 Å². The number of methoxy groups -OCH3 is 1. The Bertz CT molecular complexity index is 823. The minimum atomic E-state index is -0.460. The molecule has 25 heavy (non-hydrogen) atoms. The molecule has 0 unspecified atom stereocenters. The normalized spacial score (nSPS) is 15.8. The highest BCUT2D eigenvalue weighted by Gasteiger charge is 2.29. The van der Waals surface area contributed by atoms with Crippen molar-refractivity contribution in [3.05, 3.63) is 40.5 Å². The van der Waals surface area contributed by atoms with Gasteiger partial charge in [-0.05, 0) is 49.7 Å². The number of unbranched alkanes of at least 4 members (excludes halogenated alkanes) is 1. The van der Waals surface area contributed by atoms with Gasteiger partial charge in [-0.3, -0.25) is 4.68 Å². The van der Waals surface area contributed by atoms with E-state index in [1.807, 2.05) is 0 Å². The molecule has 1 fully saturated rings. The Hall–Kier alpha value is -2.57. The van der Waals surface area contributed by atoms with Crippen LogP contribution in [-0.4, -0.2) is 38.3 Å². The van der Waals surface area contributed by atoms with Crippen LogP contribution in [0.25, 0.3) is 6.08 Å². The van der Waals surface area contributed by atoms with Crippen molar-refractivity contribution in [1.82, 2.24) is 25.2 Å². The SMILES string of the molecule is COC(=O)c1cn(CCCCc2cc3c(nn2)CC(C2CC2)=C3)nn1. The molecule has 0 bridgehead atoms. The molecule has 1 saturated carbocycles. The maximum absolute atomic E-state index is 11.3. The lowest BCUT2D eigenvalue weighted by molar-refractivity contribution is 0.0594. The van der Waals surface area contributed by atoms with Crippen molar-refractivity contribution in [3.8, 4) is 0 Å². The number of carbonyl (C=O) groups is 1. The smallest absolute Gasteiger partial charge is 0.360 e. The quantitative estimate of drug-likeness (QED) is 0.568. The third kappa shape index (κ3) is 3.60. The Morgan fingerprint density at radius 3 is 2.96 bits per heavy atom. The highest BCUT2D eigenvalue weighted by molar-refractivity contribution is 5.86. The van der Waals surface area contributed by atoms with E-state index >= 15 is 0 Å². The molecular formula is C18H21N5O2. The molecule has 7 heteroatoms. The standard InChI is InChI=1S/C18H21N5O2/c1-25-18(24)17-11-23(22-21-17)7-3-2-4-15-9-14-8-13(12-5-6-12)10-16(14)20-19-15/h8-9,11-12H,2-7,10H2,1H3. The summed E-state index contributed by atoms with van der Waals surface area (Å²) < 4.78 is 6.29. The van der Waals surface area contributed by atoms with Crippen molar-refractivity contribution in [2.24, 2.45) is 5.92 Å². The number of esters is 1. The van der Waals surface area contributed by atoms with Gasteiger partial charge in [0.2, 0.25) is 0 Å². The molecule has 0 saturated heterocycles. The largest absolute Gasteiger partial charge is 0.464 e. The summed E-state index contributed by atoms with van der Waals surface area (Å²) >= 11 is 0. The number of ether oxygens (including phenoxy) is 1. The van der Waals surface area contributed by atoms with Crippen molar-refractivity contribution in [1.29, 1.82) is 0 Å². The first kappa shape index (κ1) is 15.9. The molecule has 7 nitrogen and oxygen atoms in total. The van der Waals surface area contributed by atoms with Crippen molar-refractivity contribution in [2.75, 3.05) is 7.11 Å². The first-order valence-corrected chi connectivity index (χ1v) is 8.77. The minimum absolute atomic E-state index is 0.241. The average molecular weight is 339 g/mol. The summed E-state index contributed by atoms with van der Waals surface area (Å²) in [4.78, 5) is 11.3. The molecule has 2 aromatic heterocycles. The molecule has 0 N–H and O–H groups in total. The Labute approximate surface area is 146 Å². The third-order valence-corrected chi connectivity index (χ3v) is 4.77. The maximum Gasteiger partial charge on any atom is 0.360 e. The maximum atomic E-state index is 11.3. The van der Waals surface area contributed by atoms with Gasteiger partial charge in [-0.2, -0.15) is 10.2 Å². The summed E-state index contributed by atoms with van der Waals surface area (Å²) in [5, 5.41) is 16.5. The molecular weight excluding hydrogens is 318 g/mol. The van der Waals surface area contributed by atoms with Gasteiger partial charge in [-0.1, -0.05) is 16.9 Å². The van der Waals surface area contributed by atoms with E-state index in [0.29, 0.717) is 6.54 Å². The Morgan fingerprint density at radius 1 is 1.28 bits per heavy atom. The van der Waals surface area contributed by atoms with Gasteiger partial charge in [0, 0.05) is 13.0 Å². The molecule has 2 aliphatic rings. The lowest BCUT2D eigenvalue weighted by Gasteiger charge is -2.03. The van der Waals surface area contributed by atoms with E-state index in [-0.39, 0.29) is 5.69 Å². The van der Waals surface area contributed by atoms with Gasteiger partial charge in [-0.15, -0.1) is 5.10 Å². The van der Waals surface area contributed by atoms with E-state index < -0.39 is 5.97 Å². The highest BCUT2D eigenvalue weighted by Crippen LogP contribution is 2.41. The van der Waals surface area contributed by atoms with Gasteiger partial charge in [0.25, 0.3) is 0 Å². The number of hydrogen-bond acceptors (Lipinski definition) is 6. The zero-order valence-electron chi connectivity index (χ0n) is 14.3. The van der Waals surface area contributed by atoms with E-state index in [0.717, 1.165) is 43.0 Å². The molecule has 0 atom stereocenters. The van der Waals surface area contributed by atoms with Gasteiger partial charge in [0.05, 0.1) is 24.7 Å². The number of rotatable bonds is 7. The molecule has 4 rings (SSSR count).